The lowest BCUT2D eigenvalue weighted by atomic mass is 10.8. The summed E-state index contributed by atoms with van der Waals surface area (Å²) in [7, 11) is -1.33. The predicted octanol–water partition coefficient (Wildman–Crippen LogP) is -0.401. The van der Waals surface area contributed by atoms with E-state index in [1.807, 2.05) is 0 Å². The first-order valence-corrected chi connectivity index (χ1v) is 4.53. The molecule has 0 aromatic carbocycles. The summed E-state index contributed by atoms with van der Waals surface area (Å²) in [6, 6.07) is 0. The first-order chi connectivity index (χ1) is 3.50. The second-order valence-corrected chi connectivity index (χ2v) is 4.82. The van der Waals surface area contributed by atoms with Gasteiger partial charge in [0, 0.05) is 11.2 Å². The largest absolute Gasteiger partial charge is 0.315 e. The number of rotatable bonds is 2. The molecule has 5 heteroatoms. The van der Waals surface area contributed by atoms with Crippen LogP contribution >= 0.6 is 0 Å². The molecule has 0 aliphatic heterocycles. The van der Waals surface area contributed by atoms with Crippen LogP contribution in [0.5, 0.6) is 0 Å². The summed E-state index contributed by atoms with van der Waals surface area (Å²) in [5.41, 5.74) is 5.18. The third kappa shape index (κ3) is 2.04. The minimum Gasteiger partial charge on any atom is -0.315 e. The van der Waals surface area contributed by atoms with Crippen molar-refractivity contribution in [3.63, 3.8) is 0 Å². The van der Waals surface area contributed by atoms with E-state index in [0.29, 0.717) is 0 Å². The quantitative estimate of drug-likeness (QED) is 0.589. The van der Waals surface area contributed by atoms with E-state index in [-0.39, 0.29) is 0 Å². The molecule has 0 amide bonds. The zero-order valence-corrected chi connectivity index (χ0v) is 6.42. The van der Waals surface area contributed by atoms with Crippen molar-refractivity contribution in [2.45, 2.75) is 12.3 Å². The van der Waals surface area contributed by atoms with E-state index in [9.17, 15) is 4.21 Å². The molecular formula is C3H9NO2S2. The molecule has 0 saturated heterocycles. The summed E-state index contributed by atoms with van der Waals surface area (Å²) in [5, 5.41) is -0.567. The third-order valence-electron chi connectivity index (χ3n) is 0.688. The van der Waals surface area contributed by atoms with Gasteiger partial charge in [0.2, 0.25) is 0 Å². The maximum absolute atomic E-state index is 10.7. The number of hydrogen-bond acceptors (Lipinski definition) is 4. The van der Waals surface area contributed by atoms with Gasteiger partial charge in [-0.1, -0.05) is 0 Å². The highest BCUT2D eigenvalue weighted by atomic mass is 32.8. The van der Waals surface area contributed by atoms with Gasteiger partial charge in [-0.15, -0.1) is 0 Å². The minimum absolute atomic E-state index is 0.567. The van der Waals surface area contributed by atoms with Gasteiger partial charge in [-0.3, -0.25) is 4.18 Å². The van der Waals surface area contributed by atoms with Crippen molar-refractivity contribution in [3.05, 3.63) is 0 Å². The smallest absolute Gasteiger partial charge is 0.159 e. The van der Waals surface area contributed by atoms with Crippen molar-refractivity contribution in [1.82, 2.24) is 0 Å². The average Bonchev–Trinajstić information content (AvgIpc) is 1.67. The van der Waals surface area contributed by atoms with Gasteiger partial charge in [-0.25, -0.2) is 4.21 Å². The lowest BCUT2D eigenvalue weighted by molar-refractivity contribution is 0.437. The van der Waals surface area contributed by atoms with Crippen LogP contribution in [0.3, 0.4) is 0 Å². The summed E-state index contributed by atoms with van der Waals surface area (Å²) in [4.78, 5) is 0. The van der Waals surface area contributed by atoms with E-state index in [0.717, 1.165) is 0 Å². The normalized spacial score (nSPS) is 21.9. The SMILES string of the molecule is COS(=O)(=S)C(C)N. The number of hydrogen-bond donors (Lipinski definition) is 1. The van der Waals surface area contributed by atoms with Crippen LogP contribution in [0.4, 0.5) is 0 Å². The van der Waals surface area contributed by atoms with Crippen molar-refractivity contribution in [2.24, 2.45) is 5.73 Å². The highest BCUT2D eigenvalue weighted by Crippen LogP contribution is 1.94. The molecule has 0 radical (unpaired) electrons. The summed E-state index contributed by atoms with van der Waals surface area (Å²) >= 11 is 4.45. The van der Waals surface area contributed by atoms with E-state index in [1.165, 1.54) is 7.11 Å². The van der Waals surface area contributed by atoms with Crippen molar-refractivity contribution in [1.29, 1.82) is 0 Å². The Morgan fingerprint density at radius 1 is 1.88 bits per heavy atom. The van der Waals surface area contributed by atoms with Gasteiger partial charge >= 0.3 is 0 Å². The monoisotopic (exact) mass is 155 g/mol. The Bertz CT molecular complexity index is 149. The molecule has 0 aliphatic carbocycles. The third-order valence-corrected chi connectivity index (χ3v) is 3.38. The van der Waals surface area contributed by atoms with Crippen LogP contribution in [0.1, 0.15) is 6.92 Å². The molecule has 2 N–H and O–H groups in total. The Labute approximate surface area is 54.1 Å². The van der Waals surface area contributed by atoms with Gasteiger partial charge in [0.05, 0.1) is 7.11 Å². The minimum atomic E-state index is -2.62. The second kappa shape index (κ2) is 2.72. The molecule has 0 rings (SSSR count). The first-order valence-electron chi connectivity index (χ1n) is 2.05. The van der Waals surface area contributed by atoms with Crippen molar-refractivity contribution >= 4 is 20.0 Å². The maximum atomic E-state index is 10.7. The van der Waals surface area contributed by atoms with Crippen LogP contribution in [0, 0.1) is 0 Å². The molecule has 0 heterocycles. The Hall–Kier alpha value is 0.290. The van der Waals surface area contributed by atoms with Crippen LogP contribution in [-0.2, 0) is 24.1 Å². The molecule has 2 unspecified atom stereocenters. The summed E-state index contributed by atoms with van der Waals surface area (Å²) in [6.45, 7) is 1.55. The average molecular weight is 155 g/mol. The van der Waals surface area contributed by atoms with E-state index in [1.54, 1.807) is 6.92 Å². The number of nitrogens with two attached hydrogens (primary N) is 1. The molecule has 0 aliphatic rings. The van der Waals surface area contributed by atoms with Crippen molar-refractivity contribution in [2.75, 3.05) is 7.11 Å². The predicted molar refractivity (Wildman–Crippen MR) is 36.2 cm³/mol. The van der Waals surface area contributed by atoms with Crippen LogP contribution in [0.25, 0.3) is 0 Å². The van der Waals surface area contributed by atoms with Gasteiger partial charge in [-0.2, -0.15) is 0 Å². The topological polar surface area (TPSA) is 52.3 Å². The molecule has 0 fully saturated rings. The van der Waals surface area contributed by atoms with Crippen LogP contribution in [-0.4, -0.2) is 16.7 Å². The fourth-order valence-electron chi connectivity index (χ4n) is 0.152. The summed E-state index contributed by atoms with van der Waals surface area (Å²) in [5.74, 6) is 0. The van der Waals surface area contributed by atoms with Gasteiger partial charge in [0.15, 0.2) is 8.77 Å². The Balaban J connectivity index is 4.17. The zero-order chi connectivity index (χ0) is 6.78. The van der Waals surface area contributed by atoms with Crippen LogP contribution in [0.15, 0.2) is 0 Å². The van der Waals surface area contributed by atoms with Gasteiger partial charge < -0.3 is 5.73 Å². The summed E-state index contributed by atoms with van der Waals surface area (Å²) in [6.07, 6.45) is 0. The van der Waals surface area contributed by atoms with Gasteiger partial charge in [0.25, 0.3) is 0 Å². The van der Waals surface area contributed by atoms with E-state index in [2.05, 4.69) is 15.4 Å². The van der Waals surface area contributed by atoms with E-state index >= 15 is 0 Å². The summed E-state index contributed by atoms with van der Waals surface area (Å²) < 4.78 is 15.1. The molecule has 0 aromatic heterocycles. The fourth-order valence-corrected chi connectivity index (χ4v) is 0.455. The first kappa shape index (κ1) is 8.29. The fraction of sp³-hybridized carbons (Fsp3) is 1.00. The van der Waals surface area contributed by atoms with E-state index < -0.39 is 14.1 Å². The molecule has 0 saturated carbocycles. The zero-order valence-electron chi connectivity index (χ0n) is 4.79. The van der Waals surface area contributed by atoms with Crippen LogP contribution in [0.2, 0.25) is 0 Å². The molecule has 0 bridgehead atoms. The molecule has 0 spiro atoms. The molecule has 50 valence electrons. The standard InChI is InChI=1S/C3H9NO2S2/c1-3(4)8(5,7)6-2/h3H,4H2,1-2H3. The Morgan fingerprint density at radius 3 is 2.25 bits per heavy atom. The highest BCUT2D eigenvalue weighted by Gasteiger charge is 2.08. The second-order valence-electron chi connectivity index (χ2n) is 1.36. The Morgan fingerprint density at radius 2 is 2.25 bits per heavy atom. The van der Waals surface area contributed by atoms with Gasteiger partial charge in [0.1, 0.15) is 5.37 Å². The van der Waals surface area contributed by atoms with Gasteiger partial charge in [-0.05, 0) is 6.92 Å². The highest BCUT2D eigenvalue weighted by molar-refractivity contribution is 8.30. The van der Waals surface area contributed by atoms with Crippen molar-refractivity contribution < 1.29 is 8.39 Å². The molecule has 3 nitrogen and oxygen atoms in total. The van der Waals surface area contributed by atoms with Crippen molar-refractivity contribution in [3.8, 4) is 0 Å². The molecule has 8 heavy (non-hydrogen) atoms. The molecule has 0 aromatic rings. The lowest BCUT2D eigenvalue weighted by Gasteiger charge is -2.05. The lowest BCUT2D eigenvalue weighted by Crippen LogP contribution is -2.26. The molecular weight excluding hydrogens is 146 g/mol. The maximum Gasteiger partial charge on any atom is 0.159 e. The Kier molecular flexibility index (Phi) is 2.82. The van der Waals surface area contributed by atoms with Crippen LogP contribution < -0.4 is 5.73 Å². The molecule has 2 atom stereocenters. The van der Waals surface area contributed by atoms with E-state index in [4.69, 9.17) is 5.73 Å².